The van der Waals surface area contributed by atoms with Crippen molar-refractivity contribution in [2.75, 3.05) is 52.5 Å². The van der Waals surface area contributed by atoms with Crippen LogP contribution in [0, 0.1) is 12.8 Å². The molecule has 1 aromatic rings. The van der Waals surface area contributed by atoms with Crippen molar-refractivity contribution < 1.29 is 19.7 Å². The lowest BCUT2D eigenvalue weighted by atomic mass is 9.82. The number of allylic oxidation sites excluding steroid dienone is 2. The molecule has 2 aliphatic heterocycles. The lowest BCUT2D eigenvalue weighted by Gasteiger charge is -2.40. The summed E-state index contributed by atoms with van der Waals surface area (Å²) in [6, 6.07) is 8.51. The molecule has 35 heavy (non-hydrogen) atoms. The molecule has 2 fully saturated rings. The van der Waals surface area contributed by atoms with Gasteiger partial charge in [0.05, 0.1) is 25.4 Å². The third-order valence-corrected chi connectivity index (χ3v) is 7.75. The van der Waals surface area contributed by atoms with E-state index in [1.165, 1.54) is 16.7 Å². The van der Waals surface area contributed by atoms with E-state index >= 15 is 0 Å². The van der Waals surface area contributed by atoms with Gasteiger partial charge in [-0.1, -0.05) is 43.3 Å². The fourth-order valence-electron chi connectivity index (χ4n) is 5.69. The molecule has 0 bridgehead atoms. The predicted molar refractivity (Wildman–Crippen MR) is 140 cm³/mol. The van der Waals surface area contributed by atoms with Crippen molar-refractivity contribution in [1.82, 2.24) is 9.80 Å². The Morgan fingerprint density at radius 3 is 2.26 bits per heavy atom. The Kier molecular flexibility index (Phi) is 9.56. The molecular weight excluding hydrogens is 440 g/mol. The Morgan fingerprint density at radius 1 is 0.943 bits per heavy atom. The van der Waals surface area contributed by atoms with Gasteiger partial charge < -0.3 is 29.5 Å². The number of hydrogen-bond acceptors (Lipinski definition) is 6. The van der Waals surface area contributed by atoms with Crippen LogP contribution in [-0.4, -0.2) is 90.5 Å². The summed E-state index contributed by atoms with van der Waals surface area (Å²) in [6.07, 6.45) is 10.6. The summed E-state index contributed by atoms with van der Waals surface area (Å²) in [5.41, 5.74) is 3.74. The first-order chi connectivity index (χ1) is 17.0. The van der Waals surface area contributed by atoms with Crippen molar-refractivity contribution in [2.45, 2.75) is 63.9 Å². The van der Waals surface area contributed by atoms with Crippen LogP contribution in [0.15, 0.2) is 42.5 Å². The average Bonchev–Trinajstić information content (AvgIpc) is 3.27. The van der Waals surface area contributed by atoms with Crippen molar-refractivity contribution >= 4 is 5.57 Å². The number of aryl methyl sites for hydroxylation is 1. The van der Waals surface area contributed by atoms with Gasteiger partial charge in [-0.15, -0.1) is 0 Å². The normalized spacial score (nSPS) is 30.1. The minimum absolute atomic E-state index is 0.0546. The third kappa shape index (κ3) is 7.03. The zero-order valence-electron chi connectivity index (χ0n) is 21.6. The van der Waals surface area contributed by atoms with Crippen LogP contribution in [0.25, 0.3) is 5.57 Å². The van der Waals surface area contributed by atoms with E-state index in [1.54, 1.807) is 0 Å². The number of ether oxygens (including phenoxy) is 2. The predicted octanol–water partition coefficient (Wildman–Crippen LogP) is 3.62. The summed E-state index contributed by atoms with van der Waals surface area (Å²) < 4.78 is 13.2. The average molecular weight is 485 g/mol. The molecule has 1 aromatic carbocycles. The molecule has 2 saturated heterocycles. The number of aliphatic hydroxyl groups is 2. The SMILES string of the molecule is Cc1ccccc1C1=CC=CC(OCCCN2CCC[C@@H](O)C2)(OCCCN2CC[C@@H](O)C2)C1C. The molecule has 2 unspecified atom stereocenters. The minimum Gasteiger partial charge on any atom is -0.392 e. The van der Waals surface area contributed by atoms with E-state index in [0.717, 1.165) is 71.4 Å². The highest BCUT2D eigenvalue weighted by molar-refractivity contribution is 5.73. The fraction of sp³-hybridized carbons (Fsp3) is 0.655. The van der Waals surface area contributed by atoms with Crippen LogP contribution in [0.1, 0.15) is 50.2 Å². The zero-order valence-corrected chi connectivity index (χ0v) is 21.6. The number of aliphatic hydroxyl groups excluding tert-OH is 2. The summed E-state index contributed by atoms with van der Waals surface area (Å²) in [5, 5.41) is 19.8. The quantitative estimate of drug-likeness (QED) is 0.370. The Hall–Kier alpha value is -1.54. The largest absolute Gasteiger partial charge is 0.392 e. The van der Waals surface area contributed by atoms with Gasteiger partial charge in [0.15, 0.2) is 5.79 Å². The van der Waals surface area contributed by atoms with Crippen LogP contribution < -0.4 is 0 Å². The molecule has 0 saturated carbocycles. The summed E-state index contributed by atoms with van der Waals surface area (Å²) in [6.45, 7) is 11.0. The molecule has 0 aromatic heterocycles. The molecule has 0 amide bonds. The van der Waals surface area contributed by atoms with Gasteiger partial charge >= 0.3 is 0 Å². The molecular formula is C29H44N2O4. The van der Waals surface area contributed by atoms with Crippen LogP contribution in [0.3, 0.4) is 0 Å². The number of benzene rings is 1. The number of β-amino-alcohol motifs (C(OH)–C–C–N with tert-alkyl or cyclic N) is 2. The molecule has 2 N–H and O–H groups in total. The van der Waals surface area contributed by atoms with Crippen molar-refractivity contribution in [1.29, 1.82) is 0 Å². The monoisotopic (exact) mass is 484 g/mol. The Labute approximate surface area is 211 Å². The molecule has 0 spiro atoms. The molecule has 3 aliphatic rings. The second-order valence-electron chi connectivity index (χ2n) is 10.5. The first kappa shape index (κ1) is 26.5. The standard InChI is InChI=1S/C29H44N2O4/c1-23-9-3-4-11-27(23)28-12-5-14-29(24(28)2,35-20-8-17-31-18-13-26(33)22-31)34-19-7-16-30-15-6-10-25(32)21-30/h3-5,9,11-12,14,24-26,32-33H,6-8,10,13,15-22H2,1-2H3/t24?,25-,26-,29?/m1/s1. The molecule has 6 heteroatoms. The van der Waals surface area contributed by atoms with Gasteiger partial charge in [-0.2, -0.15) is 0 Å². The van der Waals surface area contributed by atoms with Crippen LogP contribution in [0.2, 0.25) is 0 Å². The van der Waals surface area contributed by atoms with Crippen molar-refractivity contribution in [2.24, 2.45) is 5.92 Å². The molecule has 4 rings (SSSR count). The summed E-state index contributed by atoms with van der Waals surface area (Å²) >= 11 is 0. The van der Waals surface area contributed by atoms with E-state index in [0.29, 0.717) is 13.2 Å². The molecule has 194 valence electrons. The van der Waals surface area contributed by atoms with Crippen LogP contribution in [0.4, 0.5) is 0 Å². The van der Waals surface area contributed by atoms with E-state index in [9.17, 15) is 10.2 Å². The van der Waals surface area contributed by atoms with Gasteiger partial charge in [-0.25, -0.2) is 0 Å². The highest BCUT2D eigenvalue weighted by Crippen LogP contribution is 2.40. The summed E-state index contributed by atoms with van der Waals surface area (Å²) in [4.78, 5) is 4.65. The van der Waals surface area contributed by atoms with Gasteiger partial charge in [0.2, 0.25) is 0 Å². The second kappa shape index (κ2) is 12.6. The van der Waals surface area contributed by atoms with Gasteiger partial charge in [0, 0.05) is 38.6 Å². The number of nitrogens with zero attached hydrogens (tertiary/aromatic N) is 2. The van der Waals surface area contributed by atoms with Crippen molar-refractivity contribution in [3.05, 3.63) is 53.6 Å². The van der Waals surface area contributed by atoms with Gasteiger partial charge in [0.25, 0.3) is 0 Å². The Morgan fingerprint density at radius 2 is 1.60 bits per heavy atom. The number of piperidine rings is 1. The van der Waals surface area contributed by atoms with Gasteiger partial charge in [0.1, 0.15) is 0 Å². The van der Waals surface area contributed by atoms with Gasteiger partial charge in [-0.05, 0) is 68.3 Å². The van der Waals surface area contributed by atoms with E-state index in [2.05, 4.69) is 66.1 Å². The smallest absolute Gasteiger partial charge is 0.194 e. The Balaban J connectivity index is 1.38. The topological polar surface area (TPSA) is 65.4 Å². The fourth-order valence-corrected chi connectivity index (χ4v) is 5.69. The first-order valence-electron chi connectivity index (χ1n) is 13.5. The van der Waals surface area contributed by atoms with E-state index in [4.69, 9.17) is 9.47 Å². The van der Waals surface area contributed by atoms with E-state index < -0.39 is 5.79 Å². The number of rotatable bonds is 11. The Bertz CT molecular complexity index is 872. The number of likely N-dealkylation sites (tertiary alicyclic amines) is 2. The summed E-state index contributed by atoms with van der Waals surface area (Å²) in [5.74, 6) is -0.739. The maximum atomic E-state index is 9.96. The minimum atomic E-state index is -0.793. The highest BCUT2D eigenvalue weighted by atomic mass is 16.7. The number of hydrogen-bond donors (Lipinski definition) is 2. The van der Waals surface area contributed by atoms with E-state index in [-0.39, 0.29) is 18.1 Å². The lowest BCUT2D eigenvalue weighted by molar-refractivity contribution is -0.223. The van der Waals surface area contributed by atoms with Crippen LogP contribution in [0.5, 0.6) is 0 Å². The van der Waals surface area contributed by atoms with Crippen LogP contribution in [-0.2, 0) is 9.47 Å². The maximum Gasteiger partial charge on any atom is 0.194 e. The summed E-state index contributed by atoms with van der Waals surface area (Å²) in [7, 11) is 0. The van der Waals surface area contributed by atoms with Gasteiger partial charge in [-0.3, -0.25) is 0 Å². The second-order valence-corrected chi connectivity index (χ2v) is 10.5. The van der Waals surface area contributed by atoms with Crippen LogP contribution >= 0.6 is 0 Å². The van der Waals surface area contributed by atoms with E-state index in [1.807, 2.05) is 0 Å². The zero-order chi connectivity index (χ0) is 24.7. The third-order valence-electron chi connectivity index (χ3n) is 7.75. The highest BCUT2D eigenvalue weighted by Gasteiger charge is 2.40. The van der Waals surface area contributed by atoms with Crippen molar-refractivity contribution in [3.63, 3.8) is 0 Å². The maximum absolute atomic E-state index is 9.96. The molecule has 1 aliphatic carbocycles. The van der Waals surface area contributed by atoms with Crippen molar-refractivity contribution in [3.8, 4) is 0 Å². The molecule has 0 radical (unpaired) electrons. The molecule has 2 heterocycles. The lowest BCUT2D eigenvalue weighted by Crippen LogP contribution is -2.44. The molecule has 6 nitrogen and oxygen atoms in total. The molecule has 4 atom stereocenters. The first-order valence-corrected chi connectivity index (χ1v) is 13.5.